The van der Waals surface area contributed by atoms with Crippen LogP contribution in [0.2, 0.25) is 0 Å². The number of methoxy groups -OCH3 is 1. The van der Waals surface area contributed by atoms with Gasteiger partial charge in [-0.2, -0.15) is 0 Å². The highest BCUT2D eigenvalue weighted by atomic mass is 16.5. The first-order valence-electron chi connectivity index (χ1n) is 7.69. The molecule has 3 atom stereocenters. The van der Waals surface area contributed by atoms with E-state index >= 15 is 0 Å². The van der Waals surface area contributed by atoms with Crippen LogP contribution in [0, 0.1) is 19.8 Å². The minimum atomic E-state index is 0.177. The van der Waals surface area contributed by atoms with Gasteiger partial charge in [0.1, 0.15) is 5.75 Å². The molecule has 0 amide bonds. The summed E-state index contributed by atoms with van der Waals surface area (Å²) in [6.07, 6.45) is 5.03. The van der Waals surface area contributed by atoms with Crippen molar-refractivity contribution in [3.63, 3.8) is 0 Å². The first kappa shape index (κ1) is 16.2. The van der Waals surface area contributed by atoms with Crippen molar-refractivity contribution < 1.29 is 9.47 Å². The average Bonchev–Trinajstić information content (AvgIpc) is 2.95. The number of aryl methyl sites for hydroxylation is 1. The summed E-state index contributed by atoms with van der Waals surface area (Å²) in [7, 11) is 1.70. The fraction of sp³-hybridized carbons (Fsp3) is 0.688. The predicted molar refractivity (Wildman–Crippen MR) is 83.2 cm³/mol. The van der Waals surface area contributed by atoms with Gasteiger partial charge in [0.05, 0.1) is 13.2 Å². The van der Waals surface area contributed by atoms with Crippen molar-refractivity contribution in [2.45, 2.75) is 52.2 Å². The van der Waals surface area contributed by atoms with Crippen molar-refractivity contribution in [2.75, 3.05) is 13.7 Å². The second-order valence-corrected chi connectivity index (χ2v) is 5.79. The average molecular weight is 293 g/mol. The van der Waals surface area contributed by atoms with E-state index in [1.165, 1.54) is 0 Å². The molecule has 0 aromatic carbocycles. The molecule has 1 aliphatic heterocycles. The minimum absolute atomic E-state index is 0.177. The van der Waals surface area contributed by atoms with E-state index in [4.69, 9.17) is 15.3 Å². The van der Waals surface area contributed by atoms with Gasteiger partial charge in [-0.1, -0.05) is 6.92 Å². The Kier molecular flexibility index (Phi) is 5.56. The second kappa shape index (κ2) is 7.20. The molecule has 21 heavy (non-hydrogen) atoms. The maximum atomic E-state index is 5.80. The maximum Gasteiger partial charge on any atom is 0.128 e. The van der Waals surface area contributed by atoms with Crippen LogP contribution in [0.3, 0.4) is 0 Å². The Bertz CT molecular complexity index is 479. The number of hydrazine groups is 1. The molecular formula is C16H27N3O2. The van der Waals surface area contributed by atoms with E-state index in [-0.39, 0.29) is 6.04 Å². The topological polar surface area (TPSA) is 69.4 Å². The molecule has 1 fully saturated rings. The molecule has 3 N–H and O–H groups in total. The Balaban J connectivity index is 2.19. The summed E-state index contributed by atoms with van der Waals surface area (Å²) >= 11 is 0. The molecule has 5 heteroatoms. The lowest BCUT2D eigenvalue weighted by molar-refractivity contribution is 0.0773. The lowest BCUT2D eigenvalue weighted by atomic mass is 9.88. The van der Waals surface area contributed by atoms with Crippen molar-refractivity contribution in [1.82, 2.24) is 10.4 Å². The predicted octanol–water partition coefficient (Wildman–Crippen LogP) is 1.90. The van der Waals surface area contributed by atoms with E-state index in [0.29, 0.717) is 12.0 Å². The Morgan fingerprint density at radius 3 is 2.90 bits per heavy atom. The van der Waals surface area contributed by atoms with Gasteiger partial charge in [-0.25, -0.2) is 0 Å². The van der Waals surface area contributed by atoms with Crippen LogP contribution < -0.4 is 16.0 Å². The van der Waals surface area contributed by atoms with Crippen LogP contribution in [-0.4, -0.2) is 30.8 Å². The van der Waals surface area contributed by atoms with Gasteiger partial charge in [-0.15, -0.1) is 0 Å². The highest BCUT2D eigenvalue weighted by Gasteiger charge is 2.33. The molecule has 2 rings (SSSR count). The van der Waals surface area contributed by atoms with Crippen LogP contribution in [0.4, 0.5) is 0 Å². The molecule has 1 aliphatic rings. The minimum Gasteiger partial charge on any atom is -0.496 e. The van der Waals surface area contributed by atoms with Gasteiger partial charge in [-0.3, -0.25) is 16.3 Å². The van der Waals surface area contributed by atoms with Gasteiger partial charge < -0.3 is 9.47 Å². The Labute approximate surface area is 127 Å². The molecule has 0 spiro atoms. The molecule has 3 unspecified atom stereocenters. The van der Waals surface area contributed by atoms with E-state index in [1.807, 2.05) is 13.1 Å². The van der Waals surface area contributed by atoms with Crippen LogP contribution in [0.25, 0.3) is 0 Å². The van der Waals surface area contributed by atoms with Crippen LogP contribution in [0.1, 0.15) is 36.6 Å². The van der Waals surface area contributed by atoms with Gasteiger partial charge >= 0.3 is 0 Å². The molecule has 1 saturated heterocycles. The molecular weight excluding hydrogens is 266 g/mol. The molecule has 1 aromatic heterocycles. The van der Waals surface area contributed by atoms with Crippen LogP contribution in [-0.2, 0) is 11.2 Å². The maximum absolute atomic E-state index is 5.80. The third kappa shape index (κ3) is 3.36. The molecule has 0 bridgehead atoms. The summed E-state index contributed by atoms with van der Waals surface area (Å²) in [6.45, 7) is 7.06. The first-order valence-corrected chi connectivity index (χ1v) is 7.69. The van der Waals surface area contributed by atoms with Crippen molar-refractivity contribution in [3.05, 3.63) is 23.0 Å². The van der Waals surface area contributed by atoms with Gasteiger partial charge in [0.2, 0.25) is 0 Å². The second-order valence-electron chi connectivity index (χ2n) is 5.79. The van der Waals surface area contributed by atoms with Crippen molar-refractivity contribution in [1.29, 1.82) is 0 Å². The number of rotatable bonds is 6. The van der Waals surface area contributed by atoms with E-state index in [2.05, 4.69) is 24.3 Å². The number of pyridine rings is 1. The van der Waals surface area contributed by atoms with Crippen LogP contribution in [0.15, 0.2) is 6.20 Å². The number of nitrogens with one attached hydrogen (secondary N) is 1. The monoisotopic (exact) mass is 293 g/mol. The molecule has 5 nitrogen and oxygen atoms in total. The largest absolute Gasteiger partial charge is 0.496 e. The highest BCUT2D eigenvalue weighted by molar-refractivity contribution is 5.41. The smallest absolute Gasteiger partial charge is 0.128 e. The fourth-order valence-corrected chi connectivity index (χ4v) is 3.36. The Hall–Kier alpha value is -1.17. The van der Waals surface area contributed by atoms with Gasteiger partial charge in [0.25, 0.3) is 0 Å². The number of hydrogen-bond acceptors (Lipinski definition) is 5. The number of nitrogens with zero attached hydrogens (tertiary/aromatic N) is 1. The van der Waals surface area contributed by atoms with Crippen molar-refractivity contribution in [2.24, 2.45) is 11.8 Å². The number of aromatic nitrogens is 1. The number of nitrogens with two attached hydrogens (primary N) is 1. The third-order valence-electron chi connectivity index (χ3n) is 4.56. The van der Waals surface area contributed by atoms with Crippen molar-refractivity contribution in [3.8, 4) is 5.75 Å². The first-order chi connectivity index (χ1) is 10.1. The summed E-state index contributed by atoms with van der Waals surface area (Å²) in [6, 6.07) is 0.177. The SMILES string of the molecule is CCC1OCCC1C(Cc1ncc(C)c(OC)c1C)NN. The van der Waals surface area contributed by atoms with Crippen molar-refractivity contribution >= 4 is 0 Å². The van der Waals surface area contributed by atoms with E-state index in [9.17, 15) is 0 Å². The zero-order valence-electron chi connectivity index (χ0n) is 13.5. The molecule has 2 heterocycles. The fourth-order valence-electron chi connectivity index (χ4n) is 3.36. The summed E-state index contributed by atoms with van der Waals surface area (Å²) in [5.41, 5.74) is 6.18. The van der Waals surface area contributed by atoms with E-state index < -0.39 is 0 Å². The number of hydrogen-bond donors (Lipinski definition) is 2. The van der Waals surface area contributed by atoms with E-state index in [0.717, 1.165) is 48.4 Å². The lowest BCUT2D eigenvalue weighted by Crippen LogP contribution is -2.45. The molecule has 1 aromatic rings. The number of ether oxygens (including phenoxy) is 2. The zero-order chi connectivity index (χ0) is 15.4. The Morgan fingerprint density at radius 2 is 2.29 bits per heavy atom. The normalized spacial score (nSPS) is 23.3. The summed E-state index contributed by atoms with van der Waals surface area (Å²) < 4.78 is 11.3. The van der Waals surface area contributed by atoms with E-state index in [1.54, 1.807) is 7.11 Å². The van der Waals surface area contributed by atoms with Gasteiger partial charge in [0, 0.05) is 48.0 Å². The summed E-state index contributed by atoms with van der Waals surface area (Å²) in [5.74, 6) is 7.16. The summed E-state index contributed by atoms with van der Waals surface area (Å²) in [4.78, 5) is 4.58. The zero-order valence-corrected chi connectivity index (χ0v) is 13.5. The molecule has 0 radical (unpaired) electrons. The Morgan fingerprint density at radius 1 is 1.52 bits per heavy atom. The third-order valence-corrected chi connectivity index (χ3v) is 4.56. The van der Waals surface area contributed by atoms with Gasteiger partial charge in [0.15, 0.2) is 0 Å². The van der Waals surface area contributed by atoms with Crippen LogP contribution >= 0.6 is 0 Å². The highest BCUT2D eigenvalue weighted by Crippen LogP contribution is 2.30. The van der Waals surface area contributed by atoms with Crippen LogP contribution in [0.5, 0.6) is 5.75 Å². The molecule has 118 valence electrons. The lowest BCUT2D eigenvalue weighted by Gasteiger charge is -2.27. The quantitative estimate of drug-likeness (QED) is 0.619. The van der Waals surface area contributed by atoms with Gasteiger partial charge in [-0.05, 0) is 26.7 Å². The standard InChI is InChI=1S/C16H27N3O2/c1-5-15-12(6-7-21-15)14(19-17)8-13-11(3)16(20-4)10(2)9-18-13/h9,12,14-15,19H,5-8,17H2,1-4H3. The molecule has 0 aliphatic carbocycles. The molecule has 0 saturated carbocycles. The summed E-state index contributed by atoms with van der Waals surface area (Å²) in [5, 5.41) is 0.